The third-order valence-electron chi connectivity index (χ3n) is 6.27. The summed E-state index contributed by atoms with van der Waals surface area (Å²) in [5.41, 5.74) is -6.43. The van der Waals surface area contributed by atoms with Crippen LogP contribution in [0.25, 0.3) is 0 Å². The number of nitrogens with zero attached hydrogens (tertiary/aromatic N) is 2. The van der Waals surface area contributed by atoms with Crippen molar-refractivity contribution in [2.45, 2.75) is 82.3 Å². The van der Waals surface area contributed by atoms with Crippen LogP contribution in [0.1, 0.15) is 63.9 Å². The van der Waals surface area contributed by atoms with Crippen LogP contribution < -0.4 is 4.90 Å². The summed E-state index contributed by atoms with van der Waals surface area (Å²) in [6, 6.07) is 2.38. The maximum atomic E-state index is 13.4. The highest BCUT2D eigenvalue weighted by molar-refractivity contribution is 5.92. The average Bonchev–Trinajstić information content (AvgIpc) is 2.78. The number of carboxylic acids is 1. The normalized spacial score (nSPS) is 15.7. The van der Waals surface area contributed by atoms with E-state index >= 15 is 0 Å². The first kappa shape index (κ1) is 28.7. The second kappa shape index (κ2) is 11.5. The maximum absolute atomic E-state index is 13.4. The number of alkyl halides is 6. The predicted molar refractivity (Wildman–Crippen MR) is 116 cm³/mol. The predicted octanol–water partition coefficient (Wildman–Crippen LogP) is 5.83. The van der Waals surface area contributed by atoms with Gasteiger partial charge in [0.1, 0.15) is 0 Å². The molecule has 2 N–H and O–H groups in total. The van der Waals surface area contributed by atoms with E-state index in [4.69, 9.17) is 5.11 Å². The molecule has 12 heteroatoms. The largest absolute Gasteiger partial charge is 0.481 e. The molecule has 2 amide bonds. The van der Waals surface area contributed by atoms with Crippen molar-refractivity contribution in [2.75, 3.05) is 18.0 Å². The molecule has 0 aromatic heterocycles. The Morgan fingerprint density at radius 2 is 1.49 bits per heavy atom. The van der Waals surface area contributed by atoms with Crippen molar-refractivity contribution in [3.8, 4) is 0 Å². The van der Waals surface area contributed by atoms with Crippen molar-refractivity contribution in [3.05, 3.63) is 29.8 Å². The van der Waals surface area contributed by atoms with Crippen LogP contribution in [-0.4, -0.2) is 58.6 Å². The fourth-order valence-corrected chi connectivity index (χ4v) is 4.35. The molecule has 0 bridgehead atoms. The Labute approximate surface area is 199 Å². The van der Waals surface area contributed by atoms with Gasteiger partial charge in [0.25, 0.3) is 5.60 Å². The van der Waals surface area contributed by atoms with Crippen LogP contribution in [0.3, 0.4) is 0 Å². The Hall–Kier alpha value is -2.50. The lowest BCUT2D eigenvalue weighted by Crippen LogP contribution is -2.54. The van der Waals surface area contributed by atoms with Crippen molar-refractivity contribution in [3.63, 3.8) is 0 Å². The minimum atomic E-state index is -6.01. The number of unbranched alkanes of at least 4 members (excludes halogenated alkanes) is 1. The molecule has 0 saturated heterocycles. The molecule has 198 valence electrons. The van der Waals surface area contributed by atoms with Gasteiger partial charge in [0.05, 0.1) is 0 Å². The fraction of sp³-hybridized carbons (Fsp3) is 0.652. The summed E-state index contributed by atoms with van der Waals surface area (Å²) >= 11 is 0. The third-order valence-corrected chi connectivity index (χ3v) is 6.27. The van der Waals surface area contributed by atoms with E-state index < -0.39 is 35.5 Å². The molecule has 0 unspecified atom stereocenters. The second-order valence-corrected chi connectivity index (χ2v) is 8.62. The number of aliphatic hydroxyl groups is 1. The fourth-order valence-electron chi connectivity index (χ4n) is 4.35. The van der Waals surface area contributed by atoms with Crippen molar-refractivity contribution >= 4 is 17.7 Å². The SMILES string of the molecule is CCN(C(=O)N(CCCCC(=O)O)c1ccc(C(O)(C(F)(F)F)C(F)(F)F)cc1)C1CCCCC1. The zero-order valence-corrected chi connectivity index (χ0v) is 19.3. The Kier molecular flexibility index (Phi) is 9.43. The first-order chi connectivity index (χ1) is 16.2. The highest BCUT2D eigenvalue weighted by Crippen LogP contribution is 2.50. The van der Waals surface area contributed by atoms with Gasteiger partial charge >= 0.3 is 24.4 Å². The van der Waals surface area contributed by atoms with Crippen LogP contribution in [0, 0.1) is 0 Å². The number of benzene rings is 1. The second-order valence-electron chi connectivity index (χ2n) is 8.62. The topological polar surface area (TPSA) is 81.1 Å². The van der Waals surface area contributed by atoms with Gasteiger partial charge in [-0.1, -0.05) is 31.4 Å². The van der Waals surface area contributed by atoms with Gasteiger partial charge in [-0.2, -0.15) is 26.3 Å². The molecule has 1 aromatic rings. The van der Waals surface area contributed by atoms with E-state index in [2.05, 4.69) is 0 Å². The number of rotatable bonds is 9. The molecule has 0 aliphatic heterocycles. The van der Waals surface area contributed by atoms with Crippen LogP contribution >= 0.6 is 0 Å². The van der Waals surface area contributed by atoms with Crippen molar-refractivity contribution in [1.82, 2.24) is 4.90 Å². The maximum Gasteiger partial charge on any atom is 0.430 e. The standard InChI is InChI=1S/C23H30F6N2O4/c1-2-30(17-8-4-3-5-9-17)20(34)31(15-7-6-10-19(32)33)18-13-11-16(12-14-18)21(35,22(24,25)26)23(27,28)29/h11-14,17,35H,2-10,15H2,1H3,(H,32,33). The molecule has 6 nitrogen and oxygen atoms in total. The van der Waals surface area contributed by atoms with Crippen molar-refractivity contribution in [1.29, 1.82) is 0 Å². The van der Waals surface area contributed by atoms with Crippen LogP contribution in [0.5, 0.6) is 0 Å². The van der Waals surface area contributed by atoms with E-state index in [9.17, 15) is 41.0 Å². The van der Waals surface area contributed by atoms with E-state index in [1.807, 2.05) is 0 Å². The molecule has 1 saturated carbocycles. The number of halogens is 6. The lowest BCUT2D eigenvalue weighted by atomic mass is 9.92. The van der Waals surface area contributed by atoms with Crippen LogP contribution in [0.4, 0.5) is 36.8 Å². The molecule has 1 fully saturated rings. The first-order valence-electron chi connectivity index (χ1n) is 11.5. The van der Waals surface area contributed by atoms with Gasteiger partial charge < -0.3 is 15.1 Å². The van der Waals surface area contributed by atoms with E-state index in [1.54, 1.807) is 11.8 Å². The van der Waals surface area contributed by atoms with Gasteiger partial charge in [-0.25, -0.2) is 4.79 Å². The zero-order valence-electron chi connectivity index (χ0n) is 19.3. The number of urea groups is 1. The third kappa shape index (κ3) is 6.59. The molecule has 0 radical (unpaired) electrons. The summed E-state index contributed by atoms with van der Waals surface area (Å²) < 4.78 is 79.3. The van der Waals surface area contributed by atoms with Gasteiger partial charge in [-0.05, 0) is 44.7 Å². The number of carbonyl (C=O) groups excluding carboxylic acids is 1. The van der Waals surface area contributed by atoms with E-state index in [0.29, 0.717) is 18.7 Å². The van der Waals surface area contributed by atoms with Gasteiger partial charge in [0, 0.05) is 36.8 Å². The molecule has 0 atom stereocenters. The number of hydrogen-bond acceptors (Lipinski definition) is 3. The molecule has 2 rings (SSSR count). The number of hydrogen-bond donors (Lipinski definition) is 2. The molecular formula is C23H30F6N2O4. The molecule has 0 heterocycles. The summed E-state index contributed by atoms with van der Waals surface area (Å²) in [6.45, 7) is 2.16. The number of anilines is 1. The van der Waals surface area contributed by atoms with Crippen molar-refractivity contribution in [2.24, 2.45) is 0 Å². The average molecular weight is 512 g/mol. The van der Waals surface area contributed by atoms with Gasteiger partial charge in [-0.3, -0.25) is 9.69 Å². The lowest BCUT2D eigenvalue weighted by molar-refractivity contribution is -0.376. The first-order valence-corrected chi connectivity index (χ1v) is 11.5. The van der Waals surface area contributed by atoms with Gasteiger partial charge in [0.2, 0.25) is 0 Å². The number of carbonyl (C=O) groups is 2. The Balaban J connectivity index is 2.38. The summed E-state index contributed by atoms with van der Waals surface area (Å²) in [4.78, 5) is 27.1. The summed E-state index contributed by atoms with van der Waals surface area (Å²) in [6.07, 6.45) is -7.19. The molecule has 35 heavy (non-hydrogen) atoms. The highest BCUT2D eigenvalue weighted by Gasteiger charge is 2.71. The van der Waals surface area contributed by atoms with E-state index in [1.165, 1.54) is 4.90 Å². The minimum absolute atomic E-state index is 0.0253. The van der Waals surface area contributed by atoms with Gasteiger partial charge in [-0.15, -0.1) is 0 Å². The molecule has 0 spiro atoms. The summed E-state index contributed by atoms with van der Waals surface area (Å²) in [5.74, 6) is -1.02. The summed E-state index contributed by atoms with van der Waals surface area (Å²) in [7, 11) is 0. The Bertz CT molecular complexity index is 837. The summed E-state index contributed by atoms with van der Waals surface area (Å²) in [5, 5.41) is 18.5. The van der Waals surface area contributed by atoms with Gasteiger partial charge in [0.15, 0.2) is 0 Å². The Morgan fingerprint density at radius 1 is 0.943 bits per heavy atom. The Morgan fingerprint density at radius 3 is 1.94 bits per heavy atom. The van der Waals surface area contributed by atoms with Crippen LogP contribution in [0.15, 0.2) is 24.3 Å². The van der Waals surface area contributed by atoms with Crippen molar-refractivity contribution < 1.29 is 46.1 Å². The van der Waals surface area contributed by atoms with E-state index in [-0.39, 0.29) is 37.5 Å². The zero-order chi connectivity index (χ0) is 26.4. The number of amides is 2. The monoisotopic (exact) mass is 512 g/mol. The van der Waals surface area contributed by atoms with Crippen LogP contribution in [0.2, 0.25) is 0 Å². The smallest absolute Gasteiger partial charge is 0.430 e. The highest BCUT2D eigenvalue weighted by atomic mass is 19.4. The molecular weight excluding hydrogens is 482 g/mol. The lowest BCUT2D eigenvalue weighted by Gasteiger charge is -2.37. The quantitative estimate of drug-likeness (QED) is 0.322. The number of carboxylic acid groups (broad SMARTS) is 1. The molecule has 1 aliphatic rings. The number of aliphatic carboxylic acids is 1. The van der Waals surface area contributed by atoms with Crippen LogP contribution in [-0.2, 0) is 10.4 Å². The minimum Gasteiger partial charge on any atom is -0.481 e. The molecule has 1 aliphatic carbocycles. The van der Waals surface area contributed by atoms with E-state index in [0.717, 1.165) is 44.2 Å². The molecule has 1 aromatic carbocycles.